The molecule has 1 aromatic carbocycles. The van der Waals surface area contributed by atoms with Crippen LogP contribution in [0.1, 0.15) is 23.6 Å². The molecule has 1 N–H and O–H groups in total. The van der Waals surface area contributed by atoms with E-state index in [9.17, 15) is 9.59 Å². The number of H-pyrrole nitrogens is 1. The number of aromatic nitrogens is 1. The lowest BCUT2D eigenvalue weighted by atomic mass is 9.79. The molecule has 2 atom stereocenters. The molecule has 4 rings (SSSR count). The summed E-state index contributed by atoms with van der Waals surface area (Å²) in [5, 5.41) is 0. The maximum absolute atomic E-state index is 12.8. The highest BCUT2D eigenvalue weighted by molar-refractivity contribution is 6.24. The van der Waals surface area contributed by atoms with Crippen molar-refractivity contribution in [3.05, 3.63) is 47.8 Å². The van der Waals surface area contributed by atoms with E-state index in [2.05, 4.69) is 4.98 Å². The molecule has 0 saturated carbocycles. The maximum atomic E-state index is 12.8. The number of rotatable bonds is 2. The van der Waals surface area contributed by atoms with Gasteiger partial charge in [0.25, 0.3) is 0 Å². The smallest absolute Gasteiger partial charge is 0.242 e. The lowest BCUT2D eigenvalue weighted by molar-refractivity contribution is -0.122. The van der Waals surface area contributed by atoms with Gasteiger partial charge < -0.3 is 9.72 Å². The fourth-order valence-corrected chi connectivity index (χ4v) is 3.58. The highest BCUT2D eigenvalue weighted by atomic mass is 16.5. The molecule has 2 aromatic rings. The van der Waals surface area contributed by atoms with Crippen LogP contribution in [0, 0.1) is 5.92 Å². The molecule has 22 heavy (non-hydrogen) atoms. The molecule has 0 radical (unpaired) electrons. The highest BCUT2D eigenvalue weighted by Gasteiger charge is 2.51. The number of aryl methyl sites for hydroxylation is 1. The summed E-state index contributed by atoms with van der Waals surface area (Å²) in [6, 6.07) is 8.96. The summed E-state index contributed by atoms with van der Waals surface area (Å²) in [6.07, 6.45) is 3.38. The van der Waals surface area contributed by atoms with Crippen LogP contribution in [-0.2, 0) is 16.0 Å². The first-order valence-corrected chi connectivity index (χ1v) is 7.38. The molecule has 5 nitrogen and oxygen atoms in total. The average molecular weight is 296 g/mol. The van der Waals surface area contributed by atoms with E-state index >= 15 is 0 Å². The number of nitrogens with one attached hydrogen (secondary N) is 1. The van der Waals surface area contributed by atoms with E-state index < -0.39 is 0 Å². The topological polar surface area (TPSA) is 62.4 Å². The molecule has 112 valence electrons. The van der Waals surface area contributed by atoms with E-state index in [0.717, 1.165) is 24.1 Å². The van der Waals surface area contributed by atoms with E-state index in [1.165, 1.54) is 4.90 Å². The third-order valence-corrected chi connectivity index (χ3v) is 4.67. The quantitative estimate of drug-likeness (QED) is 0.865. The van der Waals surface area contributed by atoms with Gasteiger partial charge in [-0.1, -0.05) is 0 Å². The van der Waals surface area contributed by atoms with Crippen molar-refractivity contribution >= 4 is 17.5 Å². The number of imide groups is 1. The number of carbonyl (C=O) groups excluding carboxylic acids is 2. The van der Waals surface area contributed by atoms with Crippen LogP contribution in [0.5, 0.6) is 5.75 Å². The summed E-state index contributed by atoms with van der Waals surface area (Å²) in [5.41, 5.74) is 2.67. The van der Waals surface area contributed by atoms with Crippen molar-refractivity contribution in [2.24, 2.45) is 5.92 Å². The molecule has 1 aliphatic heterocycles. The van der Waals surface area contributed by atoms with Crippen LogP contribution in [0.3, 0.4) is 0 Å². The van der Waals surface area contributed by atoms with Crippen molar-refractivity contribution in [2.75, 3.05) is 12.0 Å². The summed E-state index contributed by atoms with van der Waals surface area (Å²) in [6.45, 7) is 0. The fourth-order valence-electron chi connectivity index (χ4n) is 3.58. The van der Waals surface area contributed by atoms with Crippen molar-refractivity contribution in [3.63, 3.8) is 0 Å². The molecule has 1 fully saturated rings. The van der Waals surface area contributed by atoms with Gasteiger partial charge >= 0.3 is 0 Å². The Kier molecular flexibility index (Phi) is 2.82. The number of fused-ring (bicyclic) bond motifs is 3. The van der Waals surface area contributed by atoms with E-state index in [1.807, 2.05) is 12.3 Å². The third kappa shape index (κ3) is 1.71. The minimum Gasteiger partial charge on any atom is -0.497 e. The van der Waals surface area contributed by atoms with E-state index in [-0.39, 0.29) is 23.7 Å². The standard InChI is InChI=1S/C17H16N2O3/c1-22-11-4-2-10(3-5-11)19-16(20)13-6-7-14-12(8-9-18-14)15(13)17(19)21/h2-5,8-9,13,15,18H,6-7H2,1H3/t13-,15+/m0/s1. The molecule has 1 saturated heterocycles. The molecule has 5 heteroatoms. The second-order valence-electron chi connectivity index (χ2n) is 5.74. The summed E-state index contributed by atoms with van der Waals surface area (Å²) in [4.78, 5) is 30.0. The summed E-state index contributed by atoms with van der Waals surface area (Å²) >= 11 is 0. The van der Waals surface area contributed by atoms with Crippen LogP contribution < -0.4 is 9.64 Å². The number of aromatic amines is 1. The van der Waals surface area contributed by atoms with Crippen molar-refractivity contribution in [3.8, 4) is 5.75 Å². The van der Waals surface area contributed by atoms with Gasteiger partial charge in [0.15, 0.2) is 0 Å². The molecular formula is C17H16N2O3. The van der Waals surface area contributed by atoms with Crippen LogP contribution in [0.4, 0.5) is 5.69 Å². The Morgan fingerprint density at radius 3 is 2.64 bits per heavy atom. The van der Waals surface area contributed by atoms with Gasteiger partial charge in [0.1, 0.15) is 5.75 Å². The number of hydrogen-bond acceptors (Lipinski definition) is 3. The molecule has 0 bridgehead atoms. The van der Waals surface area contributed by atoms with Crippen LogP contribution >= 0.6 is 0 Å². The van der Waals surface area contributed by atoms with Gasteiger partial charge in [-0.3, -0.25) is 9.59 Å². The Bertz CT molecular complexity index is 748. The molecule has 0 spiro atoms. The van der Waals surface area contributed by atoms with Crippen LogP contribution in [-0.4, -0.2) is 23.9 Å². The molecule has 2 amide bonds. The van der Waals surface area contributed by atoms with Crippen molar-refractivity contribution in [2.45, 2.75) is 18.8 Å². The zero-order chi connectivity index (χ0) is 15.3. The second kappa shape index (κ2) is 4.73. The van der Waals surface area contributed by atoms with Crippen LogP contribution in [0.2, 0.25) is 0 Å². The SMILES string of the molecule is COc1ccc(N2C(=O)[C@H]3CCc4[nH]ccc4[C@H]3C2=O)cc1. The van der Waals surface area contributed by atoms with Gasteiger partial charge in [0.2, 0.25) is 11.8 Å². The molecule has 2 heterocycles. The Morgan fingerprint density at radius 2 is 1.91 bits per heavy atom. The monoisotopic (exact) mass is 296 g/mol. The van der Waals surface area contributed by atoms with Gasteiger partial charge in [-0.05, 0) is 48.7 Å². The summed E-state index contributed by atoms with van der Waals surface area (Å²) in [7, 11) is 1.59. The molecule has 0 unspecified atom stereocenters. The average Bonchev–Trinajstić information content (AvgIpc) is 3.11. The number of hydrogen-bond donors (Lipinski definition) is 1. The van der Waals surface area contributed by atoms with Crippen molar-refractivity contribution < 1.29 is 14.3 Å². The molecular weight excluding hydrogens is 280 g/mol. The molecule has 1 aromatic heterocycles. The molecule has 2 aliphatic rings. The predicted octanol–water partition coefficient (Wildman–Crippen LogP) is 2.24. The zero-order valence-electron chi connectivity index (χ0n) is 12.2. The zero-order valence-corrected chi connectivity index (χ0v) is 12.2. The summed E-state index contributed by atoms with van der Waals surface area (Å²) < 4.78 is 5.12. The molecule has 1 aliphatic carbocycles. The van der Waals surface area contributed by atoms with Gasteiger partial charge in [0.05, 0.1) is 24.6 Å². The lowest BCUT2D eigenvalue weighted by Gasteiger charge is -2.21. The number of amides is 2. The number of anilines is 1. The van der Waals surface area contributed by atoms with E-state index in [1.54, 1.807) is 31.4 Å². The van der Waals surface area contributed by atoms with Gasteiger partial charge in [0, 0.05) is 11.9 Å². The van der Waals surface area contributed by atoms with Gasteiger partial charge in [-0.25, -0.2) is 4.90 Å². The Balaban J connectivity index is 1.73. The normalized spacial score (nSPS) is 23.4. The number of methoxy groups -OCH3 is 1. The lowest BCUT2D eigenvalue weighted by Crippen LogP contribution is -2.30. The Labute approximate surface area is 127 Å². The minimum absolute atomic E-state index is 0.0907. The number of carbonyl (C=O) groups is 2. The fraction of sp³-hybridized carbons (Fsp3) is 0.294. The predicted molar refractivity (Wildman–Crippen MR) is 80.8 cm³/mol. The Hall–Kier alpha value is -2.56. The number of ether oxygens (including phenoxy) is 1. The van der Waals surface area contributed by atoms with Crippen LogP contribution in [0.15, 0.2) is 36.5 Å². The number of benzene rings is 1. The van der Waals surface area contributed by atoms with Gasteiger partial charge in [-0.15, -0.1) is 0 Å². The van der Waals surface area contributed by atoms with Crippen LogP contribution in [0.25, 0.3) is 0 Å². The van der Waals surface area contributed by atoms with Gasteiger partial charge in [-0.2, -0.15) is 0 Å². The Morgan fingerprint density at radius 1 is 1.14 bits per heavy atom. The van der Waals surface area contributed by atoms with Crippen molar-refractivity contribution in [1.82, 2.24) is 4.98 Å². The minimum atomic E-state index is -0.343. The maximum Gasteiger partial charge on any atom is 0.242 e. The third-order valence-electron chi connectivity index (χ3n) is 4.67. The first kappa shape index (κ1) is 13.1. The van der Waals surface area contributed by atoms with E-state index in [0.29, 0.717) is 11.4 Å². The van der Waals surface area contributed by atoms with E-state index in [4.69, 9.17) is 4.74 Å². The largest absolute Gasteiger partial charge is 0.497 e. The summed E-state index contributed by atoms with van der Waals surface area (Å²) in [5.74, 6) is -0.0941. The number of nitrogens with zero attached hydrogens (tertiary/aromatic N) is 1. The van der Waals surface area contributed by atoms with Crippen molar-refractivity contribution in [1.29, 1.82) is 0 Å². The highest BCUT2D eigenvalue weighted by Crippen LogP contribution is 2.44. The first-order valence-electron chi connectivity index (χ1n) is 7.38. The first-order chi connectivity index (χ1) is 10.7. The second-order valence-corrected chi connectivity index (χ2v) is 5.74.